The summed E-state index contributed by atoms with van der Waals surface area (Å²) in [6.45, 7) is 7.08. The maximum Gasteiger partial charge on any atom is 0.244 e. The number of carbonyl (C=O) groups is 2. The number of benzene rings is 1. The van der Waals surface area contributed by atoms with Gasteiger partial charge in [0.25, 0.3) is 0 Å². The second-order valence-corrected chi connectivity index (χ2v) is 6.34. The smallest absolute Gasteiger partial charge is 0.244 e. The highest BCUT2D eigenvalue weighted by atomic mass is 35.5. The molecule has 5 nitrogen and oxygen atoms in total. The van der Waals surface area contributed by atoms with Crippen LogP contribution in [0.2, 0.25) is 0 Å². The van der Waals surface area contributed by atoms with E-state index in [9.17, 15) is 18.4 Å². The molecule has 0 aliphatic heterocycles. The Morgan fingerprint density at radius 2 is 1.75 bits per heavy atom. The first-order chi connectivity index (χ1) is 10.6. The van der Waals surface area contributed by atoms with Gasteiger partial charge < -0.3 is 16.0 Å². The summed E-state index contributed by atoms with van der Waals surface area (Å²) in [7, 11) is 0. The number of amides is 2. The molecule has 0 aliphatic rings. The summed E-state index contributed by atoms with van der Waals surface area (Å²) in [5.74, 6) is -2.83. The standard InChI is InChI=1S/C16H23F2N3O2.ClH/c1-5-21(15(23)14(19)16(2,3)4)9-12(22)20-13-10(17)7-6-8-11(13)18;/h6-8,14H,5,9,19H2,1-4H3,(H,20,22);1H/t14-;/m1./s1. The van der Waals surface area contributed by atoms with Crippen LogP contribution >= 0.6 is 12.4 Å². The molecule has 0 radical (unpaired) electrons. The van der Waals surface area contributed by atoms with Crippen LogP contribution in [0.5, 0.6) is 0 Å². The average molecular weight is 364 g/mol. The fraction of sp³-hybridized carbons (Fsp3) is 0.500. The van der Waals surface area contributed by atoms with Crippen LogP contribution in [-0.2, 0) is 9.59 Å². The lowest BCUT2D eigenvalue weighted by molar-refractivity contribution is -0.137. The van der Waals surface area contributed by atoms with Crippen molar-refractivity contribution in [3.05, 3.63) is 29.8 Å². The molecule has 3 N–H and O–H groups in total. The molecule has 0 bridgehead atoms. The monoisotopic (exact) mass is 363 g/mol. The molecule has 0 unspecified atom stereocenters. The molecule has 136 valence electrons. The van der Waals surface area contributed by atoms with Crippen LogP contribution < -0.4 is 11.1 Å². The normalized spacial score (nSPS) is 12.1. The molecule has 0 saturated heterocycles. The van der Waals surface area contributed by atoms with Gasteiger partial charge in [0.1, 0.15) is 17.3 Å². The van der Waals surface area contributed by atoms with E-state index >= 15 is 0 Å². The molecule has 1 aromatic rings. The molecule has 1 aromatic carbocycles. The Balaban J connectivity index is 0.00000529. The first kappa shape index (κ1) is 22.3. The minimum absolute atomic E-state index is 0. The van der Waals surface area contributed by atoms with Crippen molar-refractivity contribution >= 4 is 29.9 Å². The summed E-state index contributed by atoms with van der Waals surface area (Å²) in [5, 5.41) is 2.15. The van der Waals surface area contributed by atoms with Crippen molar-refractivity contribution in [3.63, 3.8) is 0 Å². The number of anilines is 1. The van der Waals surface area contributed by atoms with Gasteiger partial charge >= 0.3 is 0 Å². The van der Waals surface area contributed by atoms with Crippen molar-refractivity contribution in [3.8, 4) is 0 Å². The van der Waals surface area contributed by atoms with Crippen molar-refractivity contribution in [2.24, 2.45) is 11.1 Å². The average Bonchev–Trinajstić information content (AvgIpc) is 2.46. The molecule has 8 heteroatoms. The summed E-state index contributed by atoms with van der Waals surface area (Å²) in [6, 6.07) is 2.50. The van der Waals surface area contributed by atoms with Crippen LogP contribution in [0.25, 0.3) is 0 Å². The molecule has 0 spiro atoms. The minimum Gasteiger partial charge on any atom is -0.332 e. The number of para-hydroxylation sites is 1. The molecule has 0 aromatic heterocycles. The van der Waals surface area contributed by atoms with Crippen LogP contribution in [0, 0.1) is 17.0 Å². The van der Waals surface area contributed by atoms with E-state index in [4.69, 9.17) is 5.73 Å². The van der Waals surface area contributed by atoms with E-state index in [0.29, 0.717) is 0 Å². The van der Waals surface area contributed by atoms with Gasteiger partial charge in [-0.1, -0.05) is 26.8 Å². The van der Waals surface area contributed by atoms with Crippen LogP contribution in [0.15, 0.2) is 18.2 Å². The first-order valence-electron chi connectivity index (χ1n) is 7.36. The van der Waals surface area contributed by atoms with Crippen molar-refractivity contribution in [2.45, 2.75) is 33.7 Å². The molecule has 0 heterocycles. The Morgan fingerprint density at radius 1 is 1.25 bits per heavy atom. The SMILES string of the molecule is CCN(CC(=O)Nc1c(F)cccc1F)C(=O)[C@@H](N)C(C)(C)C.Cl. The van der Waals surface area contributed by atoms with Gasteiger partial charge in [-0.25, -0.2) is 8.78 Å². The topological polar surface area (TPSA) is 75.4 Å². The number of nitrogens with one attached hydrogen (secondary N) is 1. The zero-order valence-electron chi connectivity index (χ0n) is 14.2. The van der Waals surface area contributed by atoms with E-state index in [1.54, 1.807) is 6.92 Å². The number of nitrogens with zero attached hydrogens (tertiary/aromatic N) is 1. The highest BCUT2D eigenvalue weighted by Gasteiger charge is 2.31. The summed E-state index contributed by atoms with van der Waals surface area (Å²) < 4.78 is 27.0. The van der Waals surface area contributed by atoms with Gasteiger partial charge in [0.05, 0.1) is 12.6 Å². The summed E-state index contributed by atoms with van der Waals surface area (Å²) in [4.78, 5) is 25.6. The van der Waals surface area contributed by atoms with Gasteiger partial charge in [-0.2, -0.15) is 0 Å². The van der Waals surface area contributed by atoms with Gasteiger partial charge in [-0.15, -0.1) is 12.4 Å². The molecule has 1 atom stereocenters. The Labute approximate surface area is 147 Å². The molecule has 0 aliphatic carbocycles. The number of halogens is 3. The lowest BCUT2D eigenvalue weighted by Crippen LogP contribution is -2.52. The number of rotatable bonds is 5. The van der Waals surface area contributed by atoms with Gasteiger partial charge in [-0.05, 0) is 24.5 Å². The maximum atomic E-state index is 13.5. The fourth-order valence-corrected chi connectivity index (χ4v) is 1.88. The third-order valence-electron chi connectivity index (χ3n) is 3.45. The van der Waals surface area contributed by atoms with Crippen molar-refractivity contribution in [2.75, 3.05) is 18.4 Å². The van der Waals surface area contributed by atoms with Crippen LogP contribution in [0.1, 0.15) is 27.7 Å². The molecule has 24 heavy (non-hydrogen) atoms. The lowest BCUT2D eigenvalue weighted by atomic mass is 9.86. The van der Waals surface area contributed by atoms with Crippen molar-refractivity contribution in [1.29, 1.82) is 0 Å². The third-order valence-corrected chi connectivity index (χ3v) is 3.45. The van der Waals surface area contributed by atoms with E-state index in [1.165, 1.54) is 11.0 Å². The van der Waals surface area contributed by atoms with Crippen LogP contribution in [-0.4, -0.2) is 35.8 Å². The highest BCUT2D eigenvalue weighted by Crippen LogP contribution is 2.20. The Bertz CT molecular complexity index is 571. The third kappa shape index (κ3) is 5.72. The predicted molar refractivity (Wildman–Crippen MR) is 91.9 cm³/mol. The van der Waals surface area contributed by atoms with E-state index < -0.39 is 34.7 Å². The maximum absolute atomic E-state index is 13.5. The summed E-state index contributed by atoms with van der Waals surface area (Å²) in [5.41, 5.74) is 4.92. The minimum atomic E-state index is -0.876. The van der Waals surface area contributed by atoms with Gasteiger partial charge in [0.2, 0.25) is 11.8 Å². The molecule has 0 saturated carbocycles. The fourth-order valence-electron chi connectivity index (χ4n) is 1.88. The Morgan fingerprint density at radius 3 is 2.17 bits per heavy atom. The van der Waals surface area contributed by atoms with Crippen molar-refractivity contribution in [1.82, 2.24) is 4.90 Å². The molecular weight excluding hydrogens is 340 g/mol. The van der Waals surface area contributed by atoms with Crippen molar-refractivity contribution < 1.29 is 18.4 Å². The zero-order chi connectivity index (χ0) is 17.8. The zero-order valence-corrected chi connectivity index (χ0v) is 15.0. The highest BCUT2D eigenvalue weighted by molar-refractivity contribution is 5.95. The number of likely N-dealkylation sites (N-methyl/N-ethyl adjacent to an activating group) is 1. The number of hydrogen-bond donors (Lipinski definition) is 2. The van der Waals surface area contributed by atoms with Crippen LogP contribution in [0.4, 0.5) is 14.5 Å². The first-order valence-corrected chi connectivity index (χ1v) is 7.36. The van der Waals surface area contributed by atoms with Gasteiger partial charge in [-0.3, -0.25) is 9.59 Å². The van der Waals surface area contributed by atoms with Gasteiger partial charge in [0.15, 0.2) is 0 Å². The Kier molecular flexibility index (Phi) is 8.29. The molecule has 0 fully saturated rings. The summed E-state index contributed by atoms with van der Waals surface area (Å²) >= 11 is 0. The Hall–Kier alpha value is -1.73. The summed E-state index contributed by atoms with van der Waals surface area (Å²) in [6.07, 6.45) is 0. The van der Waals surface area contributed by atoms with E-state index in [0.717, 1.165) is 12.1 Å². The second-order valence-electron chi connectivity index (χ2n) is 6.34. The van der Waals surface area contributed by atoms with Gasteiger partial charge in [0, 0.05) is 6.54 Å². The lowest BCUT2D eigenvalue weighted by Gasteiger charge is -2.31. The number of carbonyl (C=O) groups excluding carboxylic acids is 2. The van der Waals surface area contributed by atoms with Crippen LogP contribution in [0.3, 0.4) is 0 Å². The largest absolute Gasteiger partial charge is 0.332 e. The second kappa shape index (κ2) is 8.94. The molecule has 1 rings (SSSR count). The molecular formula is C16H24ClF2N3O2. The van der Waals surface area contributed by atoms with E-state index in [2.05, 4.69) is 5.32 Å². The predicted octanol–water partition coefficient (Wildman–Crippen LogP) is 2.55. The van der Waals surface area contributed by atoms with E-state index in [-0.39, 0.29) is 31.4 Å². The van der Waals surface area contributed by atoms with E-state index in [1.807, 2.05) is 20.8 Å². The molecule has 2 amide bonds. The number of hydrogen-bond acceptors (Lipinski definition) is 3. The quantitative estimate of drug-likeness (QED) is 0.844. The number of nitrogens with two attached hydrogens (primary N) is 1.